The first-order valence-corrected chi connectivity index (χ1v) is 21.8. The van der Waals surface area contributed by atoms with E-state index in [4.69, 9.17) is 4.43 Å². The van der Waals surface area contributed by atoms with E-state index >= 15 is 0 Å². The normalized spacial score (nSPS) is 19.8. The van der Waals surface area contributed by atoms with Crippen molar-refractivity contribution in [3.05, 3.63) is 11.8 Å². The van der Waals surface area contributed by atoms with E-state index < -0.39 is 26.7 Å². The SMILES string of the molecule is CN1CCN(C)B1CC=C([CH2][Sn]([CH3])([CH3])[CH3])O[Si](C)(C)C. The topological polar surface area (TPSA) is 15.7 Å². The summed E-state index contributed by atoms with van der Waals surface area (Å²) < 4.78 is 7.59. The first kappa shape index (κ1) is 18.6. The van der Waals surface area contributed by atoms with Crippen LogP contribution < -0.4 is 0 Å². The van der Waals surface area contributed by atoms with Gasteiger partial charge in [-0.1, -0.05) is 0 Å². The maximum atomic E-state index is 6.36. The molecule has 0 amide bonds. The van der Waals surface area contributed by atoms with Gasteiger partial charge in [-0.2, -0.15) is 0 Å². The molecule has 1 fully saturated rings. The molecule has 0 aromatic heterocycles. The van der Waals surface area contributed by atoms with Crippen molar-refractivity contribution in [2.24, 2.45) is 0 Å². The van der Waals surface area contributed by atoms with E-state index in [-0.39, 0.29) is 0 Å². The van der Waals surface area contributed by atoms with E-state index in [1.54, 1.807) is 0 Å². The minimum absolute atomic E-state index is 0.547. The van der Waals surface area contributed by atoms with Crippen LogP contribution in [0, 0.1) is 0 Å². The summed E-state index contributed by atoms with van der Waals surface area (Å²) in [6.07, 6.45) is 3.48. The quantitative estimate of drug-likeness (QED) is 0.500. The molecule has 1 aliphatic rings. The van der Waals surface area contributed by atoms with Crippen molar-refractivity contribution in [3.63, 3.8) is 0 Å². The third-order valence-corrected chi connectivity index (χ3v) is 8.42. The molecule has 0 aromatic rings. The third kappa shape index (κ3) is 7.00. The average Bonchev–Trinajstić information content (AvgIpc) is 2.51. The Balaban J connectivity index is 2.73. The summed E-state index contributed by atoms with van der Waals surface area (Å²) in [6, 6.07) is 0. The van der Waals surface area contributed by atoms with E-state index in [2.05, 4.69) is 64.3 Å². The molecule has 0 spiro atoms. The van der Waals surface area contributed by atoms with Gasteiger partial charge in [0.05, 0.1) is 0 Å². The van der Waals surface area contributed by atoms with Gasteiger partial charge in [0.15, 0.2) is 0 Å². The molecular formula is C14H33BN2OSiSn. The molecule has 6 heteroatoms. The van der Waals surface area contributed by atoms with Crippen molar-refractivity contribution in [1.29, 1.82) is 0 Å². The molecule has 0 aromatic carbocycles. The second-order valence-corrected chi connectivity index (χ2v) is 28.4. The van der Waals surface area contributed by atoms with E-state index in [0.29, 0.717) is 6.98 Å². The van der Waals surface area contributed by atoms with Gasteiger partial charge in [-0.25, -0.2) is 0 Å². The van der Waals surface area contributed by atoms with Gasteiger partial charge in [-0.15, -0.1) is 0 Å². The molecule has 0 unspecified atom stereocenters. The minimum atomic E-state index is -1.85. The third-order valence-electron chi connectivity index (χ3n) is 3.52. The second-order valence-electron chi connectivity index (χ2n) is 8.30. The van der Waals surface area contributed by atoms with Gasteiger partial charge in [-0.05, 0) is 0 Å². The summed E-state index contributed by atoms with van der Waals surface area (Å²) in [5.74, 6) is 1.29. The maximum absolute atomic E-state index is 6.36. The second kappa shape index (κ2) is 7.20. The Hall–Kier alpha value is 0.541. The van der Waals surface area contributed by atoms with Crippen LogP contribution in [-0.4, -0.2) is 70.5 Å². The van der Waals surface area contributed by atoms with Crippen LogP contribution in [0.25, 0.3) is 0 Å². The van der Waals surface area contributed by atoms with Crippen molar-refractivity contribution in [1.82, 2.24) is 9.62 Å². The number of hydrogen-bond donors (Lipinski definition) is 0. The van der Waals surface area contributed by atoms with Crippen molar-refractivity contribution in [2.45, 2.75) is 45.2 Å². The molecular weight excluding hydrogens is 370 g/mol. The molecule has 0 N–H and O–H groups in total. The van der Waals surface area contributed by atoms with Crippen molar-refractivity contribution < 1.29 is 4.43 Å². The molecule has 0 saturated carbocycles. The zero-order chi connectivity index (χ0) is 15.6. The van der Waals surface area contributed by atoms with Gasteiger partial charge in [0.1, 0.15) is 0 Å². The van der Waals surface area contributed by atoms with Crippen LogP contribution in [0.15, 0.2) is 11.8 Å². The van der Waals surface area contributed by atoms with E-state index in [1.807, 2.05) is 0 Å². The summed E-state index contributed by atoms with van der Waals surface area (Å²) in [5, 5.41) is 0. The monoisotopic (exact) mass is 404 g/mol. The fraction of sp³-hybridized carbons (Fsp3) is 0.857. The number of allylic oxidation sites excluding steroid dienone is 2. The van der Waals surface area contributed by atoms with Crippen LogP contribution in [0.3, 0.4) is 0 Å². The summed E-state index contributed by atoms with van der Waals surface area (Å²) in [4.78, 5) is 12.4. The Morgan fingerprint density at radius 2 is 1.65 bits per heavy atom. The van der Waals surface area contributed by atoms with Crippen LogP contribution >= 0.6 is 0 Å². The van der Waals surface area contributed by atoms with Crippen LogP contribution in [0.1, 0.15) is 0 Å². The predicted octanol–water partition coefficient (Wildman–Crippen LogP) is 3.43. The number of rotatable bonds is 6. The molecule has 0 aliphatic carbocycles. The van der Waals surface area contributed by atoms with Crippen LogP contribution in [-0.2, 0) is 4.43 Å². The summed E-state index contributed by atoms with van der Waals surface area (Å²) in [6.45, 7) is 9.76. The van der Waals surface area contributed by atoms with Crippen molar-refractivity contribution in [3.8, 4) is 0 Å². The van der Waals surface area contributed by atoms with Gasteiger partial charge in [-0.3, -0.25) is 0 Å². The summed E-state index contributed by atoms with van der Waals surface area (Å²) in [7, 11) is 2.96. The summed E-state index contributed by atoms with van der Waals surface area (Å²) in [5.41, 5.74) is 0. The number of nitrogens with zero attached hydrogens (tertiary/aromatic N) is 2. The summed E-state index contributed by atoms with van der Waals surface area (Å²) >= 11 is -1.85. The molecule has 0 bridgehead atoms. The molecule has 1 saturated heterocycles. The first-order valence-electron chi connectivity index (χ1n) is 7.76. The molecule has 116 valence electrons. The zero-order valence-corrected chi connectivity index (χ0v) is 18.6. The zero-order valence-electron chi connectivity index (χ0n) is 14.8. The molecule has 0 atom stereocenters. The van der Waals surface area contributed by atoms with Crippen LogP contribution in [0.2, 0.25) is 45.2 Å². The Bertz CT molecular complexity index is 324. The molecule has 1 rings (SSSR count). The molecule has 20 heavy (non-hydrogen) atoms. The number of likely N-dealkylation sites (N-methyl/N-ethyl adjacent to an activating group) is 2. The standard InChI is InChI=1S/C11H24BN2OSi.3CH3.Sn/c1-11(15-16(4,5)6)7-8-12-13(2)9-10-14(12)3;;;;/h7H,1,8-10H2,2-6H3;3*1H3;. The Morgan fingerprint density at radius 1 is 1.15 bits per heavy atom. The Morgan fingerprint density at radius 3 is 2.05 bits per heavy atom. The van der Waals surface area contributed by atoms with Gasteiger partial charge in [0.2, 0.25) is 0 Å². The van der Waals surface area contributed by atoms with Gasteiger partial charge in [0, 0.05) is 0 Å². The Kier molecular flexibility index (Phi) is 6.69. The van der Waals surface area contributed by atoms with Crippen LogP contribution in [0.4, 0.5) is 0 Å². The van der Waals surface area contributed by atoms with E-state index in [1.165, 1.54) is 23.3 Å². The molecule has 1 heterocycles. The first-order chi connectivity index (χ1) is 8.98. The van der Waals surface area contributed by atoms with E-state index in [0.717, 1.165) is 6.32 Å². The fourth-order valence-electron chi connectivity index (χ4n) is 2.61. The predicted molar refractivity (Wildman–Crippen MR) is 96.5 cm³/mol. The molecule has 3 nitrogen and oxygen atoms in total. The van der Waals surface area contributed by atoms with E-state index in [9.17, 15) is 0 Å². The Labute approximate surface area is 131 Å². The average molecular weight is 403 g/mol. The van der Waals surface area contributed by atoms with Crippen molar-refractivity contribution in [2.75, 3.05) is 27.2 Å². The molecule has 1 aliphatic heterocycles. The van der Waals surface area contributed by atoms with Gasteiger partial charge in [0.25, 0.3) is 0 Å². The van der Waals surface area contributed by atoms with Crippen LogP contribution in [0.5, 0.6) is 0 Å². The van der Waals surface area contributed by atoms with Gasteiger partial charge < -0.3 is 0 Å². The number of hydrogen-bond acceptors (Lipinski definition) is 3. The fourth-order valence-corrected chi connectivity index (χ4v) is 7.57. The van der Waals surface area contributed by atoms with Gasteiger partial charge >= 0.3 is 132 Å². The molecule has 0 radical (unpaired) electrons. The van der Waals surface area contributed by atoms with Crippen molar-refractivity contribution >= 4 is 33.7 Å².